The van der Waals surface area contributed by atoms with E-state index in [4.69, 9.17) is 7.85 Å². The second-order valence-corrected chi connectivity index (χ2v) is 3.82. The predicted octanol–water partition coefficient (Wildman–Crippen LogP) is 0.0339. The number of ether oxygens (including phenoxy) is 1. The number of pyridine rings is 1. The first-order valence-electron chi connectivity index (χ1n) is 5.22. The fraction of sp³-hybridized carbons (Fsp3) is 0.364. The summed E-state index contributed by atoms with van der Waals surface area (Å²) in [4.78, 5) is 27.1. The van der Waals surface area contributed by atoms with Crippen molar-refractivity contribution >= 4 is 25.5 Å². The van der Waals surface area contributed by atoms with Gasteiger partial charge in [-0.05, 0) is 17.5 Å². The summed E-state index contributed by atoms with van der Waals surface area (Å²) in [6, 6.07) is 1.84. The van der Waals surface area contributed by atoms with Crippen LogP contribution in [0, 0.1) is 5.92 Å². The second kappa shape index (κ2) is 4.57. The highest BCUT2D eigenvalue weighted by Crippen LogP contribution is 2.25. The van der Waals surface area contributed by atoms with Crippen LogP contribution in [0.1, 0.15) is 11.1 Å². The summed E-state index contributed by atoms with van der Waals surface area (Å²) < 4.78 is 4.59. The van der Waals surface area contributed by atoms with Gasteiger partial charge in [-0.3, -0.25) is 9.59 Å². The number of anilines is 1. The molecule has 6 heteroatoms. The van der Waals surface area contributed by atoms with E-state index in [-0.39, 0.29) is 5.91 Å². The highest BCUT2D eigenvalue weighted by Gasteiger charge is 2.33. The second-order valence-electron chi connectivity index (χ2n) is 3.82. The van der Waals surface area contributed by atoms with Gasteiger partial charge in [0.05, 0.1) is 15.0 Å². The molecule has 0 saturated carbocycles. The maximum atomic E-state index is 11.6. The molecule has 2 heterocycles. The van der Waals surface area contributed by atoms with Crippen LogP contribution in [0.4, 0.5) is 5.82 Å². The van der Waals surface area contributed by atoms with Crippen LogP contribution in [0.2, 0.25) is 0 Å². The molecule has 0 aromatic carbocycles. The first-order valence-corrected chi connectivity index (χ1v) is 5.22. The van der Waals surface area contributed by atoms with E-state index in [2.05, 4.69) is 15.0 Å². The van der Waals surface area contributed by atoms with E-state index in [9.17, 15) is 9.59 Å². The van der Waals surface area contributed by atoms with Crippen molar-refractivity contribution in [1.29, 1.82) is 0 Å². The molecule has 0 saturated heterocycles. The topological polar surface area (TPSA) is 68.3 Å². The number of carbonyl (C=O) groups is 2. The Hall–Kier alpha value is -1.85. The van der Waals surface area contributed by atoms with E-state index in [1.165, 1.54) is 7.11 Å². The fourth-order valence-electron chi connectivity index (χ4n) is 1.79. The Morgan fingerprint density at radius 1 is 1.71 bits per heavy atom. The van der Waals surface area contributed by atoms with E-state index in [0.717, 1.165) is 11.1 Å². The predicted molar refractivity (Wildman–Crippen MR) is 61.5 cm³/mol. The molecular formula is C11H11BN2O3. The summed E-state index contributed by atoms with van der Waals surface area (Å²) in [5.41, 5.74) is 1.67. The summed E-state index contributed by atoms with van der Waals surface area (Å²) in [6.45, 7) is 0. The lowest BCUT2D eigenvalue weighted by molar-refractivity contribution is -0.148. The molecule has 5 nitrogen and oxygen atoms in total. The number of fused-ring (bicyclic) bond motifs is 1. The van der Waals surface area contributed by atoms with E-state index in [1.807, 2.05) is 6.07 Å². The summed E-state index contributed by atoms with van der Waals surface area (Å²) in [6.07, 6.45) is 2.28. The van der Waals surface area contributed by atoms with Gasteiger partial charge in [0.15, 0.2) is 0 Å². The Labute approximate surface area is 100.0 Å². The number of carbonyl (C=O) groups excluding carboxylic acids is 2. The van der Waals surface area contributed by atoms with Crippen LogP contribution in [0.5, 0.6) is 0 Å². The third-order valence-electron chi connectivity index (χ3n) is 2.73. The molecule has 17 heavy (non-hydrogen) atoms. The average Bonchev–Trinajstić information content (AvgIpc) is 2.36. The molecule has 1 aromatic heterocycles. The first kappa shape index (κ1) is 11.6. The molecule has 1 N–H and O–H groups in total. The van der Waals surface area contributed by atoms with Gasteiger partial charge < -0.3 is 10.1 Å². The van der Waals surface area contributed by atoms with Gasteiger partial charge in [-0.25, -0.2) is 4.98 Å². The maximum absolute atomic E-state index is 11.6. The van der Waals surface area contributed by atoms with Gasteiger partial charge in [-0.2, -0.15) is 0 Å². The van der Waals surface area contributed by atoms with Gasteiger partial charge in [-0.1, -0.05) is 12.4 Å². The van der Waals surface area contributed by atoms with Crippen LogP contribution < -0.4 is 5.32 Å². The quantitative estimate of drug-likeness (QED) is 0.442. The van der Waals surface area contributed by atoms with Crippen molar-refractivity contribution < 1.29 is 14.3 Å². The standard InChI is InChI=1S/C11H11BN2O3/c1-17-11(16)8-3-7-2-6(4-12)5-13-9(7)14-10(8)15/h2,5,8H,3-4H2,1H3,(H,13,14,15). The number of amides is 1. The Bertz CT molecular complexity index is 476. The Morgan fingerprint density at radius 3 is 3.12 bits per heavy atom. The molecule has 86 valence electrons. The lowest BCUT2D eigenvalue weighted by Gasteiger charge is -2.22. The van der Waals surface area contributed by atoms with E-state index in [0.29, 0.717) is 18.6 Å². The number of nitrogens with one attached hydrogen (secondary N) is 1. The molecule has 1 atom stereocenters. The van der Waals surface area contributed by atoms with Crippen molar-refractivity contribution in [2.45, 2.75) is 12.7 Å². The molecular weight excluding hydrogens is 219 g/mol. The summed E-state index contributed by atoms with van der Waals surface area (Å²) >= 11 is 0. The Kier molecular flexibility index (Phi) is 3.13. The fourth-order valence-corrected chi connectivity index (χ4v) is 1.79. The third kappa shape index (κ3) is 2.15. The monoisotopic (exact) mass is 230 g/mol. The number of rotatable bonds is 2. The van der Waals surface area contributed by atoms with Crippen molar-refractivity contribution in [3.05, 3.63) is 23.4 Å². The molecule has 0 bridgehead atoms. The first-order chi connectivity index (χ1) is 8.15. The minimum absolute atomic E-state index is 0.300. The minimum atomic E-state index is -0.803. The summed E-state index contributed by atoms with van der Waals surface area (Å²) in [7, 11) is 6.78. The number of nitrogens with zero attached hydrogens (tertiary/aromatic N) is 1. The number of hydrogen-bond donors (Lipinski definition) is 1. The van der Waals surface area contributed by atoms with Crippen LogP contribution in [0.3, 0.4) is 0 Å². The lowest BCUT2D eigenvalue weighted by atomic mass is 9.91. The maximum Gasteiger partial charge on any atom is 0.318 e. The van der Waals surface area contributed by atoms with Crippen molar-refractivity contribution in [2.75, 3.05) is 12.4 Å². The zero-order valence-electron chi connectivity index (χ0n) is 9.40. The molecule has 1 aliphatic rings. The normalized spacial score (nSPS) is 18.2. The number of hydrogen-bond acceptors (Lipinski definition) is 4. The zero-order valence-corrected chi connectivity index (χ0v) is 9.40. The largest absolute Gasteiger partial charge is 0.468 e. The van der Waals surface area contributed by atoms with Crippen LogP contribution in [0.25, 0.3) is 0 Å². The highest BCUT2D eigenvalue weighted by molar-refractivity contribution is 6.08. The van der Waals surface area contributed by atoms with Crippen molar-refractivity contribution in [2.24, 2.45) is 5.92 Å². The Morgan fingerprint density at radius 2 is 2.47 bits per heavy atom. The molecule has 0 fully saturated rings. The van der Waals surface area contributed by atoms with E-state index in [1.54, 1.807) is 6.20 Å². The van der Waals surface area contributed by atoms with Gasteiger partial charge in [0.1, 0.15) is 11.7 Å². The molecule has 0 aliphatic carbocycles. The summed E-state index contributed by atoms with van der Waals surface area (Å²) in [5.74, 6) is -1.22. The van der Waals surface area contributed by atoms with Gasteiger partial charge in [0.25, 0.3) is 0 Å². The average molecular weight is 230 g/mol. The van der Waals surface area contributed by atoms with Crippen LogP contribution >= 0.6 is 0 Å². The third-order valence-corrected chi connectivity index (χ3v) is 2.73. The molecule has 1 aliphatic heterocycles. The zero-order chi connectivity index (χ0) is 12.4. The van der Waals surface area contributed by atoms with Gasteiger partial charge in [0, 0.05) is 6.20 Å². The highest BCUT2D eigenvalue weighted by atomic mass is 16.5. The van der Waals surface area contributed by atoms with Gasteiger partial charge in [0.2, 0.25) is 5.91 Å². The smallest absolute Gasteiger partial charge is 0.318 e. The van der Waals surface area contributed by atoms with Crippen LogP contribution in [-0.2, 0) is 27.1 Å². The van der Waals surface area contributed by atoms with Crippen molar-refractivity contribution in [3.63, 3.8) is 0 Å². The minimum Gasteiger partial charge on any atom is -0.468 e. The molecule has 1 amide bonds. The number of methoxy groups -OCH3 is 1. The SMILES string of the molecule is [B]Cc1cnc2c(c1)CC(C(=O)OC)C(=O)N2. The lowest BCUT2D eigenvalue weighted by Crippen LogP contribution is -2.36. The van der Waals surface area contributed by atoms with Crippen molar-refractivity contribution in [3.8, 4) is 0 Å². The van der Waals surface area contributed by atoms with E-state index >= 15 is 0 Å². The van der Waals surface area contributed by atoms with E-state index < -0.39 is 11.9 Å². The van der Waals surface area contributed by atoms with Gasteiger partial charge >= 0.3 is 5.97 Å². The van der Waals surface area contributed by atoms with Crippen LogP contribution in [0.15, 0.2) is 12.3 Å². The molecule has 2 rings (SSSR count). The van der Waals surface area contributed by atoms with Crippen LogP contribution in [-0.4, -0.2) is 31.8 Å². The number of aromatic nitrogens is 1. The summed E-state index contributed by atoms with van der Waals surface area (Å²) in [5, 5.41) is 2.58. The molecule has 2 radical (unpaired) electrons. The molecule has 1 aromatic rings. The molecule has 1 unspecified atom stereocenters. The Balaban J connectivity index is 2.31. The molecule has 0 spiro atoms. The number of esters is 1. The van der Waals surface area contributed by atoms with Crippen molar-refractivity contribution in [1.82, 2.24) is 4.98 Å². The van der Waals surface area contributed by atoms with Gasteiger partial charge in [-0.15, -0.1) is 0 Å².